The number of fused-ring (bicyclic) bond motifs is 12. The van der Waals surface area contributed by atoms with E-state index in [9.17, 15) is 31.6 Å². The van der Waals surface area contributed by atoms with E-state index in [2.05, 4.69) is 24.9 Å². The molecule has 16 aromatic rings. The van der Waals surface area contributed by atoms with Gasteiger partial charge in [0.05, 0.1) is 102 Å². The first-order valence-corrected chi connectivity index (χ1v) is 31.1. The van der Waals surface area contributed by atoms with Gasteiger partial charge < -0.3 is 18.3 Å². The van der Waals surface area contributed by atoms with Crippen LogP contribution in [-0.2, 0) is 18.5 Å². The van der Waals surface area contributed by atoms with Crippen LogP contribution in [0.5, 0.6) is 0 Å². The quantitative estimate of drug-likeness (QED) is 0.121. The van der Waals surface area contributed by atoms with E-state index in [1.165, 1.54) is 30.3 Å². The Morgan fingerprint density at radius 1 is 0.327 bits per heavy atom. The van der Waals surface area contributed by atoms with Gasteiger partial charge in [-0.1, -0.05) is 182 Å². The summed E-state index contributed by atoms with van der Waals surface area (Å²) in [7, 11) is 0. The number of aromatic nitrogens is 4. The maximum Gasteiger partial charge on any atom is 0.418 e. The first-order chi connectivity index (χ1) is 47.1. The Labute approximate surface area is 554 Å². The summed E-state index contributed by atoms with van der Waals surface area (Å²) in [4.78, 5) is 6.85. The van der Waals surface area contributed by atoms with Gasteiger partial charge in [-0.3, -0.25) is 0 Å². The molecule has 0 spiro atoms. The van der Waals surface area contributed by atoms with E-state index in [1.807, 2.05) is 173 Å². The Morgan fingerprint density at radius 3 is 0.969 bits per heavy atom. The fraction of sp³-hybridized carbons (Fsp3) is 0.0854. The number of nitrogens with zero attached hydrogens (tertiary/aromatic N) is 7. The van der Waals surface area contributed by atoms with Gasteiger partial charge in [0.15, 0.2) is 11.4 Å². The first kappa shape index (κ1) is 61.8. The van der Waals surface area contributed by atoms with Crippen LogP contribution < -0.4 is 0 Å². The first-order valence-electron chi connectivity index (χ1n) is 31.1. The van der Waals surface area contributed by atoms with E-state index in [0.29, 0.717) is 33.4 Å². The van der Waals surface area contributed by atoms with E-state index in [-0.39, 0.29) is 39.3 Å². The van der Waals surface area contributed by atoms with Crippen molar-refractivity contribution in [2.45, 2.75) is 46.2 Å². The van der Waals surface area contributed by atoms with Crippen molar-refractivity contribution in [3.8, 4) is 51.1 Å². The molecule has 0 unspecified atom stereocenters. The number of alkyl halides is 9. The Balaban J connectivity index is 0.000000160. The zero-order valence-corrected chi connectivity index (χ0v) is 52.5. The van der Waals surface area contributed by atoms with Crippen molar-refractivity contribution in [2.75, 3.05) is 0 Å². The minimum Gasteiger partial charge on any atom is -0.307 e. The van der Waals surface area contributed by atoms with Gasteiger partial charge in [-0.15, -0.1) is 0 Å². The highest BCUT2D eigenvalue weighted by atomic mass is 19.4. The van der Waals surface area contributed by atoms with Crippen LogP contribution in [-0.4, -0.2) is 18.3 Å². The fourth-order valence-electron chi connectivity index (χ4n) is 14.7. The minimum atomic E-state index is -5.03. The molecule has 0 radical (unpaired) electrons. The molecule has 16 rings (SSSR count). The van der Waals surface area contributed by atoms with E-state index in [4.69, 9.17) is 13.1 Å². The molecular weight excluding hydrogens is 1250 g/mol. The molecule has 0 aliphatic heterocycles. The predicted molar refractivity (Wildman–Crippen MR) is 372 cm³/mol. The third-order valence-corrected chi connectivity index (χ3v) is 18.6. The molecule has 0 amide bonds. The highest BCUT2D eigenvalue weighted by Gasteiger charge is 2.41. The van der Waals surface area contributed by atoms with Gasteiger partial charge in [0, 0.05) is 43.1 Å². The number of halogens is 9. The second-order valence-electron chi connectivity index (χ2n) is 24.3. The molecule has 0 aliphatic carbocycles. The van der Waals surface area contributed by atoms with Crippen molar-refractivity contribution in [3.05, 3.63) is 298 Å². The Hall–Kier alpha value is -12.3. The molecule has 4 heterocycles. The molecule has 98 heavy (non-hydrogen) atoms. The van der Waals surface area contributed by atoms with Gasteiger partial charge in [0.2, 0.25) is 0 Å². The van der Waals surface area contributed by atoms with Gasteiger partial charge >= 0.3 is 18.5 Å². The summed E-state index contributed by atoms with van der Waals surface area (Å²) in [6, 6.07) is 68.0. The number of hydrogen-bond acceptors (Lipinski definition) is 1. The number of hydrogen-bond donors (Lipinski definition) is 0. The normalized spacial score (nSPS) is 12.1. The second kappa shape index (κ2) is 23.0. The lowest BCUT2D eigenvalue weighted by Gasteiger charge is -2.25. The molecule has 476 valence electrons. The largest absolute Gasteiger partial charge is 0.418 e. The number of para-hydroxylation sites is 8. The maximum absolute atomic E-state index is 15.8. The monoisotopic (exact) mass is 1300 g/mol. The van der Waals surface area contributed by atoms with Crippen molar-refractivity contribution in [1.29, 1.82) is 5.26 Å². The third kappa shape index (κ3) is 9.63. The highest BCUT2D eigenvalue weighted by Crippen LogP contribution is 2.52. The van der Waals surface area contributed by atoms with E-state index < -0.39 is 46.5 Å². The molecule has 4 aromatic heterocycles. The molecule has 0 bridgehead atoms. The molecule has 12 aromatic carbocycles. The summed E-state index contributed by atoms with van der Waals surface area (Å²) in [5, 5.41) is 17.9. The summed E-state index contributed by atoms with van der Waals surface area (Å²) in [6.07, 6.45) is -14.7. The van der Waals surface area contributed by atoms with Gasteiger partial charge in [-0.2, -0.15) is 44.8 Å². The number of benzene rings is 12. The van der Waals surface area contributed by atoms with E-state index >= 15 is 13.2 Å². The fourth-order valence-corrected chi connectivity index (χ4v) is 14.7. The number of aryl methyl sites for hydroxylation is 4. The van der Waals surface area contributed by atoms with Crippen LogP contribution in [0.3, 0.4) is 0 Å². The van der Waals surface area contributed by atoms with Crippen molar-refractivity contribution in [3.63, 3.8) is 0 Å². The Bertz CT molecular complexity index is 6190. The zero-order valence-electron chi connectivity index (χ0n) is 52.5. The highest BCUT2D eigenvalue weighted by molar-refractivity contribution is 6.15. The lowest BCUT2D eigenvalue weighted by Crippen LogP contribution is -2.16. The van der Waals surface area contributed by atoms with Gasteiger partial charge in [0.1, 0.15) is 6.07 Å². The molecule has 16 heteroatoms. The van der Waals surface area contributed by atoms with E-state index in [1.54, 1.807) is 39.5 Å². The predicted octanol–water partition coefficient (Wildman–Crippen LogP) is 24.4. The van der Waals surface area contributed by atoms with Crippen LogP contribution in [0.15, 0.2) is 231 Å². The SMILES string of the molecule is [C-]#[N+]c1cccc(C(F)(F)F)c1-c1cc(-n2c3ccccc3c3cccc(C)c32)c(-n2c3ccccc3c3cccc(C)c32)c(C(F)(F)F)c1.[C-]#[N+]c1cccc(C(F)(F)F)c1-c1cc(C#N)c(-n2c3ccccc3c3cccc(C)c32)c(-n2c3ccccc3c3cccc(C)c32)c1. The third-order valence-electron chi connectivity index (χ3n) is 18.6. The van der Waals surface area contributed by atoms with Crippen molar-refractivity contribution >= 4 is 98.6 Å². The van der Waals surface area contributed by atoms with Crippen LogP contribution in [0.4, 0.5) is 50.9 Å². The summed E-state index contributed by atoms with van der Waals surface area (Å²) >= 11 is 0. The molecule has 0 fully saturated rings. The van der Waals surface area contributed by atoms with Crippen LogP contribution in [0, 0.1) is 52.2 Å². The molecular formula is C82H50F9N7. The van der Waals surface area contributed by atoms with Gasteiger partial charge in [-0.25, -0.2) is 9.69 Å². The van der Waals surface area contributed by atoms with Crippen molar-refractivity contribution < 1.29 is 39.5 Å². The van der Waals surface area contributed by atoms with Crippen LogP contribution in [0.2, 0.25) is 0 Å². The van der Waals surface area contributed by atoms with Gasteiger partial charge in [0.25, 0.3) is 0 Å². The van der Waals surface area contributed by atoms with Crippen molar-refractivity contribution in [2.24, 2.45) is 0 Å². The lowest BCUT2D eigenvalue weighted by atomic mass is 9.93. The number of nitriles is 1. The summed E-state index contributed by atoms with van der Waals surface area (Å²) in [5.41, 5.74) is 5.33. The molecule has 0 aliphatic rings. The van der Waals surface area contributed by atoms with Gasteiger partial charge in [-0.05, 0) is 121 Å². The Kier molecular flexibility index (Phi) is 14.5. The maximum atomic E-state index is 15.8. The average Bonchev–Trinajstić information content (AvgIpc) is 1.52. The Morgan fingerprint density at radius 2 is 0.622 bits per heavy atom. The summed E-state index contributed by atoms with van der Waals surface area (Å²) in [5.74, 6) is 0. The van der Waals surface area contributed by atoms with Crippen LogP contribution in [0.25, 0.3) is 142 Å². The molecule has 0 N–H and O–H groups in total. The smallest absolute Gasteiger partial charge is 0.307 e. The lowest BCUT2D eigenvalue weighted by molar-refractivity contribution is -0.138. The van der Waals surface area contributed by atoms with Crippen molar-refractivity contribution in [1.82, 2.24) is 18.3 Å². The molecule has 0 saturated carbocycles. The summed E-state index contributed by atoms with van der Waals surface area (Å²) in [6.45, 7) is 23.3. The second-order valence-corrected chi connectivity index (χ2v) is 24.3. The molecule has 0 atom stereocenters. The van der Waals surface area contributed by atoms with Crippen LogP contribution in [0.1, 0.15) is 44.5 Å². The zero-order chi connectivity index (χ0) is 68.4. The standard InChI is InChI=1S/C41H25F6N3.C41H25F3N4/c1-23-11-8-15-28-26-13-4-6-19-33(26)49(37(23)28)35-22-25(36-30(40(42,43)44)17-10-18-32(36)48-3)21-31(41(45,46)47)39(35)50-34-20-7-5-14-27(34)29-16-9-12-24(2)38(29)50;1-24-11-8-15-30-28-13-4-6-19-34(28)47(38(24)30)36-22-26(37-32(41(42,43)44)17-10-18-33(37)46-3)21-27(23-45)40(36)48-35-20-7-5-14-29(35)31-16-9-12-25(2)39(31)48/h4-22H,1-2H3;4-22H,1-2H3. The minimum absolute atomic E-state index is 0.0224. The number of rotatable bonds is 6. The average molecular weight is 1300 g/mol. The summed E-state index contributed by atoms with van der Waals surface area (Å²) < 4.78 is 142. The topological polar surface area (TPSA) is 52.2 Å². The van der Waals surface area contributed by atoms with E-state index in [0.717, 1.165) is 112 Å². The molecule has 0 saturated heterocycles. The molecule has 7 nitrogen and oxygen atoms in total. The van der Waals surface area contributed by atoms with Crippen LogP contribution >= 0.6 is 0 Å².